The van der Waals surface area contributed by atoms with Crippen LogP contribution < -0.4 is 10.1 Å². The average molecular weight is 263 g/mol. The minimum absolute atomic E-state index is 0.172. The van der Waals surface area contributed by atoms with Crippen LogP contribution >= 0.6 is 0 Å². The Balaban J connectivity index is 1.82. The molecular weight excluding hydrogens is 249 g/mol. The number of ether oxygens (including phenoxy) is 1. The van der Waals surface area contributed by atoms with Gasteiger partial charge in [0.2, 0.25) is 0 Å². The molecule has 5 heteroatoms. The minimum atomic E-state index is -0.401. The van der Waals surface area contributed by atoms with Crippen molar-refractivity contribution in [3.8, 4) is 5.75 Å². The van der Waals surface area contributed by atoms with Crippen LogP contribution in [0.4, 0.5) is 4.39 Å². The van der Waals surface area contributed by atoms with Crippen molar-refractivity contribution in [3.63, 3.8) is 0 Å². The van der Waals surface area contributed by atoms with Gasteiger partial charge >= 0.3 is 0 Å². The second-order valence-corrected chi connectivity index (χ2v) is 4.05. The molecule has 0 spiro atoms. The van der Waals surface area contributed by atoms with Crippen LogP contribution in [0.3, 0.4) is 0 Å². The maximum atomic E-state index is 12.9. The van der Waals surface area contributed by atoms with E-state index >= 15 is 0 Å². The first kappa shape index (κ1) is 13.1. The maximum absolute atomic E-state index is 12.9. The summed E-state index contributed by atoms with van der Waals surface area (Å²) in [5.74, 6) is 0.287. The van der Waals surface area contributed by atoms with Gasteiger partial charge in [-0.05, 0) is 31.2 Å². The zero-order valence-electron chi connectivity index (χ0n) is 10.4. The zero-order valence-corrected chi connectivity index (χ0v) is 10.4. The van der Waals surface area contributed by atoms with Crippen LogP contribution in [0.25, 0.3) is 0 Å². The summed E-state index contributed by atoms with van der Waals surface area (Å²) < 4.78 is 23.2. The molecule has 0 radical (unpaired) electrons. The predicted octanol–water partition coefficient (Wildman–Crippen LogP) is 2.67. The van der Waals surface area contributed by atoms with Crippen LogP contribution in [0.1, 0.15) is 18.7 Å². The summed E-state index contributed by atoms with van der Waals surface area (Å²) in [6, 6.07) is 8.94. The topological polar surface area (TPSA) is 51.5 Å². The lowest BCUT2D eigenvalue weighted by atomic mass is 10.2. The highest BCUT2D eigenvalue weighted by Gasteiger charge is 2.12. The smallest absolute Gasteiger partial charge is 0.258 e. The van der Waals surface area contributed by atoms with Crippen molar-refractivity contribution >= 4 is 5.91 Å². The van der Waals surface area contributed by atoms with E-state index in [-0.39, 0.29) is 18.6 Å². The molecule has 19 heavy (non-hydrogen) atoms. The number of rotatable bonds is 5. The molecule has 0 aliphatic heterocycles. The Bertz CT molecular complexity index is 539. The van der Waals surface area contributed by atoms with Crippen LogP contribution in [-0.2, 0) is 4.79 Å². The van der Waals surface area contributed by atoms with Crippen molar-refractivity contribution in [2.75, 3.05) is 6.61 Å². The molecule has 0 aliphatic rings. The zero-order chi connectivity index (χ0) is 13.7. The number of amides is 1. The fraction of sp³-hybridized carbons (Fsp3) is 0.214. The first-order valence-corrected chi connectivity index (χ1v) is 5.86. The fourth-order valence-electron chi connectivity index (χ4n) is 1.60. The second kappa shape index (κ2) is 6.04. The molecule has 1 aromatic carbocycles. The van der Waals surface area contributed by atoms with Gasteiger partial charge in [0, 0.05) is 6.07 Å². The number of hydrogen-bond donors (Lipinski definition) is 1. The molecule has 0 saturated heterocycles. The van der Waals surface area contributed by atoms with Gasteiger partial charge in [-0.1, -0.05) is 6.07 Å². The molecule has 0 saturated carbocycles. The minimum Gasteiger partial charge on any atom is -0.484 e. The number of carbonyl (C=O) groups is 1. The third kappa shape index (κ3) is 3.84. The van der Waals surface area contributed by atoms with E-state index in [1.54, 1.807) is 31.4 Å². The molecule has 0 bridgehead atoms. The molecular formula is C14H14FNO3. The van der Waals surface area contributed by atoms with Gasteiger partial charge in [-0.3, -0.25) is 4.79 Å². The van der Waals surface area contributed by atoms with Crippen LogP contribution in [0.15, 0.2) is 47.1 Å². The summed E-state index contributed by atoms with van der Waals surface area (Å²) in [7, 11) is 0. The maximum Gasteiger partial charge on any atom is 0.258 e. The monoisotopic (exact) mass is 263 g/mol. The van der Waals surface area contributed by atoms with E-state index in [1.165, 1.54) is 18.2 Å². The summed E-state index contributed by atoms with van der Waals surface area (Å²) in [5, 5.41) is 2.72. The number of carbonyl (C=O) groups excluding carboxylic acids is 1. The highest BCUT2D eigenvalue weighted by molar-refractivity contribution is 5.77. The van der Waals surface area contributed by atoms with Crippen molar-refractivity contribution in [3.05, 3.63) is 54.2 Å². The normalized spacial score (nSPS) is 11.9. The summed E-state index contributed by atoms with van der Waals surface area (Å²) in [5.41, 5.74) is 0. The standard InChI is InChI=1S/C14H14FNO3/c1-10(13-6-3-7-18-13)16-14(17)9-19-12-5-2-4-11(15)8-12/h2-8,10H,9H2,1H3,(H,16,17). The first-order chi connectivity index (χ1) is 9.15. The molecule has 1 atom stereocenters. The third-order valence-electron chi connectivity index (χ3n) is 2.51. The molecule has 4 nitrogen and oxygen atoms in total. The van der Waals surface area contributed by atoms with E-state index in [0.717, 1.165) is 0 Å². The van der Waals surface area contributed by atoms with Gasteiger partial charge in [0.05, 0.1) is 12.3 Å². The van der Waals surface area contributed by atoms with Crippen molar-refractivity contribution in [1.82, 2.24) is 5.32 Å². The number of nitrogens with one attached hydrogen (secondary N) is 1. The van der Waals surface area contributed by atoms with Gasteiger partial charge in [-0.15, -0.1) is 0 Å². The molecule has 2 rings (SSSR count). The highest BCUT2D eigenvalue weighted by Crippen LogP contribution is 2.13. The number of benzene rings is 1. The SMILES string of the molecule is CC(NC(=O)COc1cccc(F)c1)c1ccco1. The van der Waals surface area contributed by atoms with E-state index in [2.05, 4.69) is 5.32 Å². The van der Waals surface area contributed by atoms with Gasteiger partial charge in [0.15, 0.2) is 6.61 Å². The Kier molecular flexibility index (Phi) is 4.18. The largest absolute Gasteiger partial charge is 0.484 e. The Morgan fingerprint density at radius 1 is 1.42 bits per heavy atom. The van der Waals surface area contributed by atoms with Crippen LogP contribution in [-0.4, -0.2) is 12.5 Å². The molecule has 1 unspecified atom stereocenters. The second-order valence-electron chi connectivity index (χ2n) is 4.05. The van der Waals surface area contributed by atoms with Crippen molar-refractivity contribution in [1.29, 1.82) is 0 Å². The summed E-state index contributed by atoms with van der Waals surface area (Å²) in [4.78, 5) is 11.6. The molecule has 1 N–H and O–H groups in total. The van der Waals surface area contributed by atoms with E-state index in [0.29, 0.717) is 11.5 Å². The van der Waals surface area contributed by atoms with Crippen molar-refractivity contribution in [2.24, 2.45) is 0 Å². The Morgan fingerprint density at radius 2 is 2.26 bits per heavy atom. The summed E-state index contributed by atoms with van der Waals surface area (Å²) >= 11 is 0. The number of furan rings is 1. The third-order valence-corrected chi connectivity index (χ3v) is 2.51. The molecule has 0 aliphatic carbocycles. The molecule has 100 valence electrons. The molecule has 1 heterocycles. The van der Waals surface area contributed by atoms with E-state index in [4.69, 9.17) is 9.15 Å². The summed E-state index contributed by atoms with van der Waals surface area (Å²) in [6.07, 6.45) is 1.54. The quantitative estimate of drug-likeness (QED) is 0.902. The predicted molar refractivity (Wildman–Crippen MR) is 67.2 cm³/mol. The van der Waals surface area contributed by atoms with E-state index in [9.17, 15) is 9.18 Å². The van der Waals surface area contributed by atoms with Crippen molar-refractivity contribution in [2.45, 2.75) is 13.0 Å². The fourth-order valence-corrected chi connectivity index (χ4v) is 1.60. The average Bonchev–Trinajstić information content (AvgIpc) is 2.90. The highest BCUT2D eigenvalue weighted by atomic mass is 19.1. The van der Waals surface area contributed by atoms with Gasteiger partial charge in [-0.2, -0.15) is 0 Å². The van der Waals surface area contributed by atoms with Crippen LogP contribution in [0, 0.1) is 5.82 Å². The Hall–Kier alpha value is -2.30. The number of halogens is 1. The lowest BCUT2D eigenvalue weighted by Gasteiger charge is -2.12. The number of hydrogen-bond acceptors (Lipinski definition) is 3. The summed E-state index contributed by atoms with van der Waals surface area (Å²) in [6.45, 7) is 1.63. The lowest BCUT2D eigenvalue weighted by molar-refractivity contribution is -0.123. The van der Waals surface area contributed by atoms with Crippen LogP contribution in [0.5, 0.6) is 5.75 Å². The Labute approximate surface area is 110 Å². The van der Waals surface area contributed by atoms with Crippen molar-refractivity contribution < 1.29 is 18.3 Å². The van der Waals surface area contributed by atoms with Crippen LogP contribution in [0.2, 0.25) is 0 Å². The first-order valence-electron chi connectivity index (χ1n) is 5.86. The van der Waals surface area contributed by atoms with E-state index in [1.807, 2.05) is 0 Å². The van der Waals surface area contributed by atoms with Gasteiger partial charge < -0.3 is 14.5 Å². The molecule has 2 aromatic rings. The molecule has 1 aromatic heterocycles. The van der Waals surface area contributed by atoms with Gasteiger partial charge in [-0.25, -0.2) is 4.39 Å². The Morgan fingerprint density at radius 3 is 2.95 bits per heavy atom. The molecule has 0 fully saturated rings. The van der Waals surface area contributed by atoms with Gasteiger partial charge in [0.1, 0.15) is 17.3 Å². The van der Waals surface area contributed by atoms with E-state index < -0.39 is 5.82 Å². The van der Waals surface area contributed by atoms with Gasteiger partial charge in [0.25, 0.3) is 5.91 Å². The lowest BCUT2D eigenvalue weighted by Crippen LogP contribution is -2.31. The molecule has 1 amide bonds.